The van der Waals surface area contributed by atoms with Crippen LogP contribution in [0.15, 0.2) is 16.8 Å². The van der Waals surface area contributed by atoms with Crippen LogP contribution in [-0.4, -0.2) is 23.0 Å². The van der Waals surface area contributed by atoms with Crippen LogP contribution in [0.1, 0.15) is 72.1 Å². The summed E-state index contributed by atoms with van der Waals surface area (Å²) in [5, 5.41) is 13.1. The van der Waals surface area contributed by atoms with Crippen molar-refractivity contribution in [2.45, 2.75) is 78.2 Å². The first kappa shape index (κ1) is 17.1. The Balaban J connectivity index is 1.60. The maximum Gasteiger partial charge on any atom is 0.302 e. The van der Waals surface area contributed by atoms with Crippen LogP contribution >= 0.6 is 0 Å². The third-order valence-electron chi connectivity index (χ3n) is 8.25. The lowest BCUT2D eigenvalue weighted by Crippen LogP contribution is -2.50. The summed E-state index contributed by atoms with van der Waals surface area (Å²) < 4.78 is 5.51. The second-order valence-corrected chi connectivity index (χ2v) is 9.28. The van der Waals surface area contributed by atoms with Crippen molar-refractivity contribution in [2.24, 2.45) is 33.7 Å². The topological polar surface area (TPSA) is 58.9 Å². The van der Waals surface area contributed by atoms with Gasteiger partial charge in [0.15, 0.2) is 0 Å². The maximum absolute atomic E-state index is 11.3. The second-order valence-electron chi connectivity index (χ2n) is 9.28. The van der Waals surface area contributed by atoms with E-state index in [1.807, 2.05) is 0 Å². The Labute approximate surface area is 150 Å². The van der Waals surface area contributed by atoms with Crippen molar-refractivity contribution in [3.05, 3.63) is 11.6 Å². The van der Waals surface area contributed by atoms with Gasteiger partial charge in [-0.2, -0.15) is 0 Å². The maximum atomic E-state index is 11.3. The monoisotopic (exact) mass is 345 g/mol. The van der Waals surface area contributed by atoms with Gasteiger partial charge >= 0.3 is 5.97 Å². The minimum atomic E-state index is -0.155. The summed E-state index contributed by atoms with van der Waals surface area (Å²) >= 11 is 0. The molecule has 25 heavy (non-hydrogen) atoms. The van der Waals surface area contributed by atoms with Crippen LogP contribution in [0.2, 0.25) is 0 Å². The summed E-state index contributed by atoms with van der Waals surface area (Å²) in [5.41, 5.74) is 2.94. The van der Waals surface area contributed by atoms with E-state index in [0.717, 1.165) is 50.2 Å². The quantitative estimate of drug-likeness (QED) is 0.324. The van der Waals surface area contributed by atoms with Crippen molar-refractivity contribution < 1.29 is 14.7 Å². The molecule has 3 unspecified atom stereocenters. The molecule has 4 heteroatoms. The molecule has 0 amide bonds. The largest absolute Gasteiger partial charge is 0.462 e. The van der Waals surface area contributed by atoms with Crippen LogP contribution in [-0.2, 0) is 9.53 Å². The fraction of sp³-hybridized carbons (Fsp3) is 0.810. The van der Waals surface area contributed by atoms with E-state index in [1.165, 1.54) is 25.3 Å². The molecule has 0 aliphatic heterocycles. The van der Waals surface area contributed by atoms with Crippen LogP contribution in [0.3, 0.4) is 0 Å². The molecular weight excluding hydrogens is 314 g/mol. The number of nitrogens with zero attached hydrogens (tertiary/aromatic N) is 1. The lowest BCUT2D eigenvalue weighted by molar-refractivity contribution is -0.148. The molecule has 4 aliphatic rings. The highest BCUT2D eigenvalue weighted by Crippen LogP contribution is 2.64. The molecule has 6 atom stereocenters. The van der Waals surface area contributed by atoms with Gasteiger partial charge in [-0.1, -0.05) is 30.7 Å². The molecule has 0 spiro atoms. The lowest BCUT2D eigenvalue weighted by atomic mass is 9.48. The first-order chi connectivity index (χ1) is 11.9. The Bertz CT molecular complexity index is 639. The van der Waals surface area contributed by atoms with Crippen molar-refractivity contribution in [3.8, 4) is 0 Å². The summed E-state index contributed by atoms with van der Waals surface area (Å²) in [4.78, 5) is 11.3. The summed E-state index contributed by atoms with van der Waals surface area (Å²) in [5.74, 6) is 1.93. The Hall–Kier alpha value is -1.32. The average molecular weight is 345 g/mol. The summed E-state index contributed by atoms with van der Waals surface area (Å²) in [6.45, 7) is 6.30. The molecule has 0 heterocycles. The number of carbonyl (C=O) groups excluding carboxylic acids is 1. The van der Waals surface area contributed by atoms with E-state index in [0.29, 0.717) is 11.8 Å². The van der Waals surface area contributed by atoms with Gasteiger partial charge in [0.25, 0.3) is 0 Å². The molecule has 0 radical (unpaired) electrons. The SMILES string of the molecule is CC(=O)O[C@H]1CC[C@@]2(C)C(=CCC3C2CC[C@]2(C)C(=NO)CCC32)C1. The Morgan fingerprint density at radius 3 is 2.64 bits per heavy atom. The molecule has 3 saturated carbocycles. The van der Waals surface area contributed by atoms with Crippen molar-refractivity contribution in [1.82, 2.24) is 0 Å². The molecular formula is C21H31NO3. The highest BCUT2D eigenvalue weighted by atomic mass is 16.5. The van der Waals surface area contributed by atoms with Crippen LogP contribution in [0.25, 0.3) is 0 Å². The number of ether oxygens (including phenoxy) is 1. The van der Waals surface area contributed by atoms with Gasteiger partial charge in [-0.05, 0) is 68.1 Å². The van der Waals surface area contributed by atoms with E-state index in [2.05, 4.69) is 25.1 Å². The lowest BCUT2D eigenvalue weighted by Gasteiger charge is -2.57. The standard InChI is InChI=1S/C21H31NO3/c1-13(23)25-15-8-10-20(2)14(12-15)4-5-16-17-6-7-19(22-24)21(17,3)11-9-18(16)20/h4,15-18,24H,5-12H2,1-3H3/t15-,16?,17?,18?,20-,21-/m0/s1. The summed E-state index contributed by atoms with van der Waals surface area (Å²) in [6, 6.07) is 0. The summed E-state index contributed by atoms with van der Waals surface area (Å²) in [6.07, 6.45) is 11.2. The zero-order valence-electron chi connectivity index (χ0n) is 15.8. The van der Waals surface area contributed by atoms with Gasteiger partial charge in [-0.3, -0.25) is 4.79 Å². The molecule has 3 fully saturated rings. The second kappa shape index (κ2) is 5.85. The molecule has 4 aliphatic carbocycles. The number of carbonyl (C=O) groups is 1. The van der Waals surface area contributed by atoms with E-state index < -0.39 is 0 Å². The number of allylic oxidation sites excluding steroid dienone is 1. The Morgan fingerprint density at radius 1 is 1.20 bits per heavy atom. The highest BCUT2D eigenvalue weighted by Gasteiger charge is 2.58. The zero-order chi connectivity index (χ0) is 17.8. The van der Waals surface area contributed by atoms with Gasteiger partial charge in [-0.15, -0.1) is 0 Å². The third kappa shape index (κ3) is 2.47. The number of oxime groups is 1. The van der Waals surface area contributed by atoms with Crippen LogP contribution in [0.4, 0.5) is 0 Å². The number of hydrogen-bond donors (Lipinski definition) is 1. The van der Waals surface area contributed by atoms with Crippen molar-refractivity contribution in [2.75, 3.05) is 0 Å². The van der Waals surface area contributed by atoms with Gasteiger partial charge in [0.1, 0.15) is 6.10 Å². The average Bonchev–Trinajstić information content (AvgIpc) is 2.91. The van der Waals surface area contributed by atoms with Crippen LogP contribution in [0.5, 0.6) is 0 Å². The first-order valence-corrected chi connectivity index (χ1v) is 9.96. The molecule has 4 rings (SSSR count). The minimum Gasteiger partial charge on any atom is -0.462 e. The van der Waals surface area contributed by atoms with Crippen molar-refractivity contribution in [3.63, 3.8) is 0 Å². The molecule has 0 aromatic heterocycles. The van der Waals surface area contributed by atoms with E-state index in [9.17, 15) is 10.0 Å². The van der Waals surface area contributed by atoms with Gasteiger partial charge in [0.2, 0.25) is 0 Å². The molecule has 1 N–H and O–H groups in total. The first-order valence-electron chi connectivity index (χ1n) is 9.96. The van der Waals surface area contributed by atoms with Crippen LogP contribution < -0.4 is 0 Å². The molecule has 0 saturated heterocycles. The number of hydrogen-bond acceptors (Lipinski definition) is 4. The van der Waals surface area contributed by atoms with Crippen LogP contribution in [0, 0.1) is 28.6 Å². The van der Waals surface area contributed by atoms with Crippen molar-refractivity contribution >= 4 is 11.7 Å². The molecule has 0 bridgehead atoms. The normalized spacial score (nSPS) is 47.5. The van der Waals surface area contributed by atoms with E-state index in [1.54, 1.807) is 0 Å². The molecule has 4 nitrogen and oxygen atoms in total. The molecule has 138 valence electrons. The predicted octanol–water partition coefficient (Wildman–Crippen LogP) is 4.71. The smallest absolute Gasteiger partial charge is 0.302 e. The van der Waals surface area contributed by atoms with Gasteiger partial charge in [0.05, 0.1) is 5.71 Å². The Morgan fingerprint density at radius 2 is 1.92 bits per heavy atom. The van der Waals surface area contributed by atoms with Gasteiger partial charge < -0.3 is 9.94 Å². The fourth-order valence-corrected chi connectivity index (χ4v) is 6.92. The van der Waals surface area contributed by atoms with E-state index in [-0.39, 0.29) is 22.9 Å². The summed E-state index contributed by atoms with van der Waals surface area (Å²) in [7, 11) is 0. The molecule has 0 aromatic rings. The Kier molecular flexibility index (Phi) is 4.01. The number of rotatable bonds is 1. The zero-order valence-corrected chi connectivity index (χ0v) is 15.8. The predicted molar refractivity (Wildman–Crippen MR) is 96.5 cm³/mol. The van der Waals surface area contributed by atoms with Crippen molar-refractivity contribution in [1.29, 1.82) is 0 Å². The van der Waals surface area contributed by atoms with Gasteiger partial charge in [-0.25, -0.2) is 0 Å². The van der Waals surface area contributed by atoms with Gasteiger partial charge in [0, 0.05) is 18.8 Å². The van der Waals surface area contributed by atoms with E-state index >= 15 is 0 Å². The van der Waals surface area contributed by atoms with E-state index in [4.69, 9.17) is 4.74 Å². The minimum absolute atomic E-state index is 0.0711. The fourth-order valence-electron chi connectivity index (χ4n) is 6.92. The molecule has 0 aromatic carbocycles. The number of fused-ring (bicyclic) bond motifs is 5. The number of esters is 1. The highest BCUT2D eigenvalue weighted by molar-refractivity contribution is 5.92. The third-order valence-corrected chi connectivity index (χ3v) is 8.25.